The Hall–Kier alpha value is -1.52. The highest BCUT2D eigenvalue weighted by Gasteiger charge is 2.45. The molecule has 0 unspecified atom stereocenters. The molecular formula is C12H10BrNO4. The van der Waals surface area contributed by atoms with Crippen LogP contribution in [0.1, 0.15) is 24.8 Å². The number of aromatic hydroxyl groups is 1. The summed E-state index contributed by atoms with van der Waals surface area (Å²) in [6, 6.07) is 1.65. The Morgan fingerprint density at radius 3 is 2.83 bits per heavy atom. The number of nitrogens with zero attached hydrogens (tertiary/aromatic N) is 1. The van der Waals surface area contributed by atoms with Crippen LogP contribution in [0.5, 0.6) is 17.2 Å². The lowest BCUT2D eigenvalue weighted by atomic mass is 9.71. The molecule has 18 heavy (non-hydrogen) atoms. The van der Waals surface area contributed by atoms with Crippen LogP contribution in [0, 0.1) is 0 Å². The van der Waals surface area contributed by atoms with Crippen molar-refractivity contribution >= 4 is 22.0 Å². The average Bonchev–Trinajstić information content (AvgIpc) is 2.74. The number of ether oxygens (including phenoxy) is 2. The highest BCUT2D eigenvalue weighted by atomic mass is 79.9. The Morgan fingerprint density at radius 2 is 2.22 bits per heavy atom. The van der Waals surface area contributed by atoms with Gasteiger partial charge in [-0.25, -0.2) is 4.79 Å². The number of aliphatic imine (C=N–C) groups is 1. The number of carbonyl (C=O) groups excluding carboxylic acids is 1. The average molecular weight is 312 g/mol. The first-order valence-electron chi connectivity index (χ1n) is 5.58. The van der Waals surface area contributed by atoms with Crippen molar-refractivity contribution in [3.05, 3.63) is 16.1 Å². The van der Waals surface area contributed by atoms with Crippen LogP contribution in [0.15, 0.2) is 15.5 Å². The third kappa shape index (κ3) is 1.46. The molecular weight excluding hydrogens is 302 g/mol. The number of hydrogen-bond donors (Lipinski definition) is 1. The normalized spacial score (nSPS) is 18.9. The maximum Gasteiger partial charge on any atom is 0.235 e. The molecule has 0 saturated heterocycles. The van der Waals surface area contributed by atoms with Gasteiger partial charge in [-0.1, -0.05) is 0 Å². The smallest absolute Gasteiger partial charge is 0.235 e. The van der Waals surface area contributed by atoms with E-state index >= 15 is 0 Å². The summed E-state index contributed by atoms with van der Waals surface area (Å²) in [5.41, 5.74) is -0.188. The Balaban J connectivity index is 2.25. The standard InChI is InChI=1S/C12H10BrNO4/c13-7-4-8-11(18-6-17-8)9(10(7)16)12(14-5-15)2-1-3-12/h4,16H,1-3,6H2. The summed E-state index contributed by atoms with van der Waals surface area (Å²) in [6.45, 7) is 0.110. The van der Waals surface area contributed by atoms with E-state index in [2.05, 4.69) is 20.9 Å². The fourth-order valence-corrected chi connectivity index (χ4v) is 2.86. The zero-order chi connectivity index (χ0) is 12.8. The lowest BCUT2D eigenvalue weighted by Gasteiger charge is -2.37. The minimum Gasteiger partial charge on any atom is -0.506 e. The minimum atomic E-state index is -0.715. The number of isocyanates is 1. The van der Waals surface area contributed by atoms with Crippen molar-refractivity contribution in [3.63, 3.8) is 0 Å². The van der Waals surface area contributed by atoms with Crippen molar-refractivity contribution in [2.75, 3.05) is 6.79 Å². The van der Waals surface area contributed by atoms with Crippen LogP contribution in [-0.4, -0.2) is 18.0 Å². The maximum absolute atomic E-state index is 10.6. The summed E-state index contributed by atoms with van der Waals surface area (Å²) in [4.78, 5) is 14.5. The second-order valence-corrected chi connectivity index (χ2v) is 5.26. The van der Waals surface area contributed by atoms with E-state index in [1.165, 1.54) is 0 Å². The van der Waals surface area contributed by atoms with Crippen molar-refractivity contribution in [2.24, 2.45) is 4.99 Å². The highest BCUT2D eigenvalue weighted by Crippen LogP contribution is 2.56. The molecule has 6 heteroatoms. The maximum atomic E-state index is 10.6. The Labute approximate surface area is 112 Å². The molecule has 0 radical (unpaired) electrons. The van der Waals surface area contributed by atoms with E-state index in [0.717, 1.165) is 6.42 Å². The van der Waals surface area contributed by atoms with E-state index < -0.39 is 5.54 Å². The lowest BCUT2D eigenvalue weighted by molar-refractivity contribution is 0.168. The summed E-state index contributed by atoms with van der Waals surface area (Å²) in [5.74, 6) is 1.09. The Bertz CT molecular complexity index is 562. The van der Waals surface area contributed by atoms with Crippen molar-refractivity contribution in [2.45, 2.75) is 24.8 Å². The monoisotopic (exact) mass is 311 g/mol. The topological polar surface area (TPSA) is 68.1 Å². The van der Waals surface area contributed by atoms with E-state index in [9.17, 15) is 9.90 Å². The quantitative estimate of drug-likeness (QED) is 0.673. The van der Waals surface area contributed by atoms with Gasteiger partial charge in [0.15, 0.2) is 11.5 Å². The first kappa shape index (κ1) is 11.6. The van der Waals surface area contributed by atoms with Gasteiger partial charge >= 0.3 is 0 Å². The molecule has 1 heterocycles. The molecule has 1 aromatic rings. The largest absolute Gasteiger partial charge is 0.506 e. The molecule has 3 rings (SSSR count). The lowest BCUT2D eigenvalue weighted by Crippen LogP contribution is -2.32. The molecule has 1 saturated carbocycles. The number of benzene rings is 1. The van der Waals surface area contributed by atoms with E-state index in [1.807, 2.05) is 0 Å². The molecule has 0 bridgehead atoms. The number of hydrogen-bond acceptors (Lipinski definition) is 5. The van der Waals surface area contributed by atoms with Crippen LogP contribution in [0.4, 0.5) is 0 Å². The summed E-state index contributed by atoms with van der Waals surface area (Å²) in [6.07, 6.45) is 3.94. The van der Waals surface area contributed by atoms with Crippen LogP contribution < -0.4 is 9.47 Å². The number of halogens is 1. The van der Waals surface area contributed by atoms with Gasteiger partial charge in [0.25, 0.3) is 0 Å². The van der Waals surface area contributed by atoms with Crippen molar-refractivity contribution in [3.8, 4) is 17.2 Å². The van der Waals surface area contributed by atoms with E-state index in [1.54, 1.807) is 12.1 Å². The van der Waals surface area contributed by atoms with Gasteiger partial charge in [-0.15, -0.1) is 0 Å². The predicted octanol–water partition coefficient (Wildman–Crippen LogP) is 2.60. The minimum absolute atomic E-state index is 0.0537. The number of phenols is 1. The second-order valence-electron chi connectivity index (χ2n) is 4.40. The number of phenolic OH excluding ortho intramolecular Hbond substituents is 1. The van der Waals surface area contributed by atoms with E-state index in [4.69, 9.17) is 9.47 Å². The molecule has 1 aromatic carbocycles. The zero-order valence-corrected chi connectivity index (χ0v) is 11.0. The third-order valence-corrected chi connectivity index (χ3v) is 4.10. The summed E-state index contributed by atoms with van der Waals surface area (Å²) in [5, 5.41) is 10.2. The van der Waals surface area contributed by atoms with Crippen molar-refractivity contribution < 1.29 is 19.4 Å². The van der Waals surface area contributed by atoms with Crippen LogP contribution in [0.3, 0.4) is 0 Å². The summed E-state index contributed by atoms with van der Waals surface area (Å²) in [7, 11) is 0. The van der Waals surface area contributed by atoms with Gasteiger partial charge in [0.05, 0.1) is 10.0 Å². The van der Waals surface area contributed by atoms with Gasteiger partial charge in [0.1, 0.15) is 11.3 Å². The van der Waals surface area contributed by atoms with E-state index in [0.29, 0.717) is 34.4 Å². The van der Waals surface area contributed by atoms with Crippen LogP contribution in [0.25, 0.3) is 0 Å². The molecule has 1 fully saturated rings. The molecule has 94 valence electrons. The van der Waals surface area contributed by atoms with E-state index in [-0.39, 0.29) is 12.5 Å². The molecule has 2 aliphatic rings. The summed E-state index contributed by atoms with van der Waals surface area (Å²) < 4.78 is 11.2. The van der Waals surface area contributed by atoms with Crippen LogP contribution in [0.2, 0.25) is 0 Å². The molecule has 1 aliphatic carbocycles. The third-order valence-electron chi connectivity index (χ3n) is 3.50. The first-order valence-corrected chi connectivity index (χ1v) is 6.38. The first-order chi connectivity index (χ1) is 8.68. The molecule has 0 atom stereocenters. The van der Waals surface area contributed by atoms with Crippen molar-refractivity contribution in [1.29, 1.82) is 0 Å². The Kier molecular flexibility index (Phi) is 2.57. The van der Waals surface area contributed by atoms with Crippen LogP contribution in [-0.2, 0) is 10.3 Å². The summed E-state index contributed by atoms with van der Waals surface area (Å²) >= 11 is 3.27. The van der Waals surface area contributed by atoms with Crippen molar-refractivity contribution in [1.82, 2.24) is 0 Å². The SMILES string of the molecule is O=C=NC1(c2c(O)c(Br)cc3c2OCO3)CCC1. The fraction of sp³-hybridized carbons (Fsp3) is 0.417. The zero-order valence-electron chi connectivity index (χ0n) is 9.40. The molecule has 0 amide bonds. The van der Waals surface area contributed by atoms with Gasteiger partial charge in [-0.3, -0.25) is 0 Å². The molecule has 1 aliphatic heterocycles. The molecule has 0 spiro atoms. The van der Waals surface area contributed by atoms with Crippen LogP contribution >= 0.6 is 15.9 Å². The molecule has 1 N–H and O–H groups in total. The number of rotatable bonds is 2. The second kappa shape index (κ2) is 4.00. The highest BCUT2D eigenvalue weighted by molar-refractivity contribution is 9.10. The fourth-order valence-electron chi connectivity index (χ4n) is 2.45. The van der Waals surface area contributed by atoms with Gasteiger partial charge in [0.2, 0.25) is 12.9 Å². The van der Waals surface area contributed by atoms with Gasteiger partial charge in [0, 0.05) is 6.07 Å². The number of fused-ring (bicyclic) bond motifs is 1. The Morgan fingerprint density at radius 1 is 1.44 bits per heavy atom. The van der Waals surface area contributed by atoms with Gasteiger partial charge < -0.3 is 14.6 Å². The molecule has 5 nitrogen and oxygen atoms in total. The van der Waals surface area contributed by atoms with Gasteiger partial charge in [-0.05, 0) is 35.2 Å². The predicted molar refractivity (Wildman–Crippen MR) is 65.6 cm³/mol. The van der Waals surface area contributed by atoms with Gasteiger partial charge in [-0.2, -0.15) is 4.99 Å². The molecule has 0 aromatic heterocycles.